The molecule has 0 bridgehead atoms. The summed E-state index contributed by atoms with van der Waals surface area (Å²) in [5, 5.41) is 11.8. The van der Waals surface area contributed by atoms with E-state index in [4.69, 9.17) is 0 Å². The zero-order valence-corrected chi connectivity index (χ0v) is 12.0. The fraction of sp³-hybridized carbons (Fsp3) is 0.571. The largest absolute Gasteiger partial charge is 0.387 e. The summed E-state index contributed by atoms with van der Waals surface area (Å²) in [6.45, 7) is 2.21. The Hall–Kier alpha value is -1.66. The van der Waals surface area contributed by atoms with Crippen molar-refractivity contribution >= 4 is 16.9 Å². The van der Waals surface area contributed by atoms with Crippen molar-refractivity contribution in [2.75, 3.05) is 38.6 Å². The number of rotatable bonds is 3. The van der Waals surface area contributed by atoms with Crippen LogP contribution < -0.4 is 4.90 Å². The molecule has 2 N–H and O–H groups in total. The smallest absolute Gasteiger partial charge is 0.142 e. The summed E-state index contributed by atoms with van der Waals surface area (Å²) >= 11 is 0. The molecule has 6 nitrogen and oxygen atoms in total. The highest BCUT2D eigenvalue weighted by atomic mass is 16.3. The van der Waals surface area contributed by atoms with Crippen molar-refractivity contribution in [1.29, 1.82) is 0 Å². The number of likely N-dealkylation sites (N-methyl/N-ethyl adjacent to an activating group) is 1. The Morgan fingerprint density at radius 1 is 1.45 bits per heavy atom. The zero-order valence-electron chi connectivity index (χ0n) is 12.0. The molecule has 6 heteroatoms. The summed E-state index contributed by atoms with van der Waals surface area (Å²) in [5.74, 6) is 0.910. The molecule has 0 amide bonds. The van der Waals surface area contributed by atoms with E-state index in [0.717, 1.165) is 36.2 Å². The van der Waals surface area contributed by atoms with Gasteiger partial charge in [0.25, 0.3) is 0 Å². The van der Waals surface area contributed by atoms with Crippen LogP contribution in [0, 0.1) is 0 Å². The van der Waals surface area contributed by atoms with Crippen LogP contribution >= 0.6 is 0 Å². The van der Waals surface area contributed by atoms with E-state index < -0.39 is 5.60 Å². The van der Waals surface area contributed by atoms with Gasteiger partial charge in [-0.25, -0.2) is 9.97 Å². The number of piperidine rings is 1. The molecule has 1 atom stereocenters. The minimum atomic E-state index is -0.671. The molecule has 3 rings (SSSR count). The second-order valence-electron chi connectivity index (χ2n) is 5.92. The monoisotopic (exact) mass is 275 g/mol. The molecule has 1 unspecified atom stereocenters. The summed E-state index contributed by atoms with van der Waals surface area (Å²) in [6, 6.07) is 1.99. The van der Waals surface area contributed by atoms with Gasteiger partial charge in [0, 0.05) is 25.8 Å². The molecule has 1 saturated heterocycles. The highest BCUT2D eigenvalue weighted by Gasteiger charge is 2.34. The number of hydrogen-bond acceptors (Lipinski definition) is 5. The summed E-state index contributed by atoms with van der Waals surface area (Å²) in [4.78, 5) is 15.9. The van der Waals surface area contributed by atoms with E-state index in [2.05, 4.69) is 19.9 Å². The first-order valence-corrected chi connectivity index (χ1v) is 6.98. The summed E-state index contributed by atoms with van der Waals surface area (Å²) in [7, 11) is 3.98. The Balaban J connectivity index is 1.88. The molecule has 0 aromatic carbocycles. The van der Waals surface area contributed by atoms with Crippen LogP contribution in [-0.2, 0) is 0 Å². The Morgan fingerprint density at radius 2 is 2.30 bits per heavy atom. The topological polar surface area (TPSA) is 68.3 Å². The van der Waals surface area contributed by atoms with E-state index >= 15 is 0 Å². The molecule has 20 heavy (non-hydrogen) atoms. The van der Waals surface area contributed by atoms with E-state index in [9.17, 15) is 5.11 Å². The van der Waals surface area contributed by atoms with Gasteiger partial charge in [-0.05, 0) is 33.0 Å². The molecule has 108 valence electrons. The Bertz CT molecular complexity index is 596. The fourth-order valence-corrected chi connectivity index (χ4v) is 3.12. The molecular weight excluding hydrogens is 254 g/mol. The molecule has 2 aromatic rings. The lowest BCUT2D eigenvalue weighted by molar-refractivity contribution is 0.00359. The highest BCUT2D eigenvalue weighted by Crippen LogP contribution is 2.29. The fourth-order valence-electron chi connectivity index (χ4n) is 3.12. The standard InChI is InChI=1S/C14H21N5O/c1-18(2)8-14(20)5-3-7-19(9-14)13-11-4-6-15-12(11)16-10-17-13/h4,6,10,20H,3,5,7-9H2,1-2H3,(H,15,16,17). The molecule has 0 radical (unpaired) electrons. The van der Waals surface area contributed by atoms with Crippen molar-refractivity contribution in [2.45, 2.75) is 18.4 Å². The maximum atomic E-state index is 10.8. The van der Waals surface area contributed by atoms with Crippen LogP contribution in [0.2, 0.25) is 0 Å². The van der Waals surface area contributed by atoms with Gasteiger partial charge in [0.2, 0.25) is 0 Å². The van der Waals surface area contributed by atoms with Crippen molar-refractivity contribution in [1.82, 2.24) is 19.9 Å². The maximum Gasteiger partial charge on any atom is 0.142 e. The van der Waals surface area contributed by atoms with Gasteiger partial charge in [0.15, 0.2) is 0 Å². The molecule has 1 aliphatic heterocycles. The van der Waals surface area contributed by atoms with Gasteiger partial charge in [-0.3, -0.25) is 0 Å². The molecular formula is C14H21N5O. The van der Waals surface area contributed by atoms with Crippen LogP contribution in [0.4, 0.5) is 5.82 Å². The summed E-state index contributed by atoms with van der Waals surface area (Å²) in [5.41, 5.74) is 0.173. The Kier molecular flexibility index (Phi) is 3.35. The van der Waals surface area contributed by atoms with E-state index in [1.165, 1.54) is 0 Å². The van der Waals surface area contributed by atoms with Crippen LogP contribution in [0.3, 0.4) is 0 Å². The van der Waals surface area contributed by atoms with Crippen LogP contribution in [0.15, 0.2) is 18.6 Å². The van der Waals surface area contributed by atoms with E-state index in [1.54, 1.807) is 6.33 Å². The van der Waals surface area contributed by atoms with E-state index in [-0.39, 0.29) is 0 Å². The van der Waals surface area contributed by atoms with Crippen molar-refractivity contribution in [3.63, 3.8) is 0 Å². The number of H-pyrrole nitrogens is 1. The molecule has 0 saturated carbocycles. The summed E-state index contributed by atoms with van der Waals surface area (Å²) < 4.78 is 0. The number of aromatic nitrogens is 3. The molecule has 2 aromatic heterocycles. The third kappa shape index (κ3) is 2.48. The zero-order chi connectivity index (χ0) is 14.2. The Morgan fingerprint density at radius 3 is 3.10 bits per heavy atom. The van der Waals surface area contributed by atoms with Gasteiger partial charge in [0.1, 0.15) is 17.8 Å². The third-order valence-electron chi connectivity index (χ3n) is 3.80. The quantitative estimate of drug-likeness (QED) is 0.869. The number of fused-ring (bicyclic) bond motifs is 1. The predicted molar refractivity (Wildman–Crippen MR) is 78.8 cm³/mol. The van der Waals surface area contributed by atoms with Crippen LogP contribution in [0.25, 0.3) is 11.0 Å². The first kappa shape index (κ1) is 13.3. The molecule has 1 fully saturated rings. The predicted octanol–water partition coefficient (Wildman–Crippen LogP) is 0.851. The minimum Gasteiger partial charge on any atom is -0.387 e. The number of nitrogens with one attached hydrogen (secondary N) is 1. The molecule has 0 spiro atoms. The van der Waals surface area contributed by atoms with Crippen molar-refractivity contribution in [2.24, 2.45) is 0 Å². The second kappa shape index (κ2) is 5.03. The van der Waals surface area contributed by atoms with Crippen LogP contribution in [0.1, 0.15) is 12.8 Å². The number of aromatic amines is 1. The third-order valence-corrected chi connectivity index (χ3v) is 3.80. The first-order chi connectivity index (χ1) is 9.57. The van der Waals surface area contributed by atoms with Gasteiger partial charge in [-0.1, -0.05) is 0 Å². The average Bonchev–Trinajstić information content (AvgIpc) is 2.85. The summed E-state index contributed by atoms with van der Waals surface area (Å²) in [6.07, 6.45) is 5.26. The number of nitrogens with zero attached hydrogens (tertiary/aromatic N) is 4. The SMILES string of the molecule is CN(C)CC1(O)CCCN(c2ncnc3[nH]ccc23)C1. The van der Waals surface area contributed by atoms with Gasteiger partial charge in [-0.2, -0.15) is 0 Å². The van der Waals surface area contributed by atoms with Crippen molar-refractivity contribution in [3.8, 4) is 0 Å². The lowest BCUT2D eigenvalue weighted by atomic mass is 9.92. The molecule has 3 heterocycles. The minimum absolute atomic E-state index is 0.614. The van der Waals surface area contributed by atoms with E-state index in [1.807, 2.05) is 31.3 Å². The number of hydrogen-bond donors (Lipinski definition) is 2. The average molecular weight is 275 g/mol. The van der Waals surface area contributed by atoms with Gasteiger partial charge < -0.3 is 19.9 Å². The number of β-amino-alcohol motifs (C(OH)–C–C–N with tert-alkyl or cyclic N) is 1. The first-order valence-electron chi connectivity index (χ1n) is 6.98. The van der Waals surface area contributed by atoms with Crippen LogP contribution in [0.5, 0.6) is 0 Å². The number of aliphatic hydroxyl groups is 1. The number of anilines is 1. The van der Waals surface area contributed by atoms with Crippen molar-refractivity contribution in [3.05, 3.63) is 18.6 Å². The van der Waals surface area contributed by atoms with Gasteiger partial charge in [0.05, 0.1) is 11.0 Å². The van der Waals surface area contributed by atoms with Crippen molar-refractivity contribution < 1.29 is 5.11 Å². The maximum absolute atomic E-state index is 10.8. The molecule has 1 aliphatic rings. The van der Waals surface area contributed by atoms with Crippen LogP contribution in [-0.4, -0.2) is 64.3 Å². The Labute approximate surface area is 118 Å². The second-order valence-corrected chi connectivity index (χ2v) is 5.92. The lowest BCUT2D eigenvalue weighted by Gasteiger charge is -2.41. The normalized spacial score (nSPS) is 23.7. The van der Waals surface area contributed by atoms with E-state index in [0.29, 0.717) is 13.1 Å². The molecule has 0 aliphatic carbocycles. The van der Waals surface area contributed by atoms with Gasteiger partial charge in [-0.15, -0.1) is 0 Å². The highest BCUT2D eigenvalue weighted by molar-refractivity contribution is 5.87. The van der Waals surface area contributed by atoms with Gasteiger partial charge >= 0.3 is 0 Å². The lowest BCUT2D eigenvalue weighted by Crippen LogP contribution is -2.53.